The van der Waals surface area contributed by atoms with E-state index in [0.717, 1.165) is 31.5 Å². The highest BCUT2D eigenvalue weighted by atomic mass is 16.2. The third-order valence-corrected chi connectivity index (χ3v) is 5.01. The number of hydrogen-bond donors (Lipinski definition) is 1. The average molecular weight is 292 g/mol. The van der Waals surface area contributed by atoms with Gasteiger partial charge >= 0.3 is 6.03 Å². The summed E-state index contributed by atoms with van der Waals surface area (Å²) in [5, 5.41) is 3.32. The Balaban J connectivity index is 1.57. The van der Waals surface area contributed by atoms with Gasteiger partial charge in [-0.1, -0.05) is 48.5 Å². The van der Waals surface area contributed by atoms with Crippen LogP contribution in [0, 0.1) is 0 Å². The molecule has 2 aliphatic rings. The first kappa shape index (κ1) is 13.4. The topological polar surface area (TPSA) is 32.3 Å². The van der Waals surface area contributed by atoms with E-state index in [1.807, 2.05) is 41.3 Å². The van der Waals surface area contributed by atoms with Gasteiger partial charge in [-0.25, -0.2) is 4.79 Å². The number of carbonyl (C=O) groups is 1. The number of rotatable bonds is 2. The Morgan fingerprint density at radius 2 is 1.73 bits per heavy atom. The third kappa shape index (κ3) is 2.08. The van der Waals surface area contributed by atoms with E-state index in [1.165, 1.54) is 17.5 Å². The molecule has 1 aliphatic carbocycles. The van der Waals surface area contributed by atoms with E-state index in [9.17, 15) is 4.79 Å². The molecule has 0 bridgehead atoms. The minimum atomic E-state index is -0.171. The summed E-state index contributed by atoms with van der Waals surface area (Å²) in [6, 6.07) is 18.6. The number of anilines is 1. The largest absolute Gasteiger partial charge is 0.328 e. The highest BCUT2D eigenvalue weighted by molar-refractivity contribution is 5.94. The number of nitrogens with zero attached hydrogens (tertiary/aromatic N) is 1. The zero-order chi connectivity index (χ0) is 15.0. The first-order valence-electron chi connectivity index (χ1n) is 8.02. The van der Waals surface area contributed by atoms with Crippen molar-refractivity contribution in [2.75, 3.05) is 11.4 Å². The number of para-hydroxylation sites is 1. The third-order valence-electron chi connectivity index (χ3n) is 5.01. The summed E-state index contributed by atoms with van der Waals surface area (Å²) in [6.07, 6.45) is 4.17. The van der Waals surface area contributed by atoms with Gasteiger partial charge in [-0.15, -0.1) is 0 Å². The van der Waals surface area contributed by atoms with E-state index in [1.54, 1.807) is 0 Å². The summed E-state index contributed by atoms with van der Waals surface area (Å²) in [5.74, 6) is 0. The minimum Gasteiger partial charge on any atom is -0.328 e. The second kappa shape index (κ2) is 5.16. The zero-order valence-electron chi connectivity index (χ0n) is 12.6. The summed E-state index contributed by atoms with van der Waals surface area (Å²) in [5.41, 5.74) is 3.38. The molecule has 0 saturated heterocycles. The Kier molecular flexibility index (Phi) is 3.14. The Morgan fingerprint density at radius 3 is 2.45 bits per heavy atom. The predicted molar refractivity (Wildman–Crippen MR) is 88.0 cm³/mol. The zero-order valence-corrected chi connectivity index (χ0v) is 12.6. The molecule has 1 heterocycles. The van der Waals surface area contributed by atoms with E-state index in [2.05, 4.69) is 23.5 Å². The standard InChI is InChI=1S/C19H20N2O/c22-18(21-14-11-15-7-4-5-10-17(15)21)20-19(12-6-13-19)16-8-2-1-3-9-16/h1-5,7-10H,6,11-14H2,(H,20,22). The molecule has 3 heteroatoms. The lowest BCUT2D eigenvalue weighted by Crippen LogP contribution is -2.54. The molecule has 0 radical (unpaired) electrons. The minimum absolute atomic E-state index is 0.0357. The summed E-state index contributed by atoms with van der Waals surface area (Å²) >= 11 is 0. The Labute approximate surface area is 131 Å². The van der Waals surface area contributed by atoms with Gasteiger partial charge in [0.05, 0.1) is 5.54 Å². The van der Waals surface area contributed by atoms with Gasteiger partial charge in [0.1, 0.15) is 0 Å². The molecule has 0 aromatic heterocycles. The lowest BCUT2D eigenvalue weighted by molar-refractivity contribution is 0.181. The van der Waals surface area contributed by atoms with E-state index in [4.69, 9.17) is 0 Å². The molecule has 4 rings (SSSR count). The van der Waals surface area contributed by atoms with Crippen LogP contribution in [0.25, 0.3) is 0 Å². The van der Waals surface area contributed by atoms with Crippen molar-refractivity contribution in [3.05, 3.63) is 65.7 Å². The smallest absolute Gasteiger partial charge is 0.322 e. The van der Waals surface area contributed by atoms with Crippen LogP contribution in [0.2, 0.25) is 0 Å². The van der Waals surface area contributed by atoms with Crippen LogP contribution in [0.15, 0.2) is 54.6 Å². The van der Waals surface area contributed by atoms with Crippen molar-refractivity contribution in [1.82, 2.24) is 5.32 Å². The van der Waals surface area contributed by atoms with E-state index >= 15 is 0 Å². The Hall–Kier alpha value is -2.29. The van der Waals surface area contributed by atoms with Crippen LogP contribution in [-0.4, -0.2) is 12.6 Å². The Bertz CT molecular complexity index is 692. The van der Waals surface area contributed by atoms with Gasteiger partial charge < -0.3 is 5.32 Å². The van der Waals surface area contributed by atoms with Gasteiger partial charge in [0.15, 0.2) is 0 Å². The molecule has 1 aliphatic heterocycles. The van der Waals surface area contributed by atoms with Crippen LogP contribution in [0.5, 0.6) is 0 Å². The molecular weight excluding hydrogens is 272 g/mol. The van der Waals surface area contributed by atoms with Crippen molar-refractivity contribution < 1.29 is 4.79 Å². The molecule has 112 valence electrons. The lowest BCUT2D eigenvalue weighted by atomic mass is 9.72. The molecule has 0 unspecified atom stereocenters. The van der Waals surface area contributed by atoms with Crippen molar-refractivity contribution in [3.8, 4) is 0 Å². The fraction of sp³-hybridized carbons (Fsp3) is 0.316. The van der Waals surface area contributed by atoms with Gasteiger partial charge in [-0.3, -0.25) is 4.90 Å². The maximum Gasteiger partial charge on any atom is 0.322 e. The lowest BCUT2D eigenvalue weighted by Gasteiger charge is -2.44. The van der Waals surface area contributed by atoms with Crippen molar-refractivity contribution in [2.24, 2.45) is 0 Å². The predicted octanol–water partition coefficient (Wildman–Crippen LogP) is 3.84. The highest BCUT2D eigenvalue weighted by Gasteiger charge is 2.41. The fourth-order valence-corrected chi connectivity index (χ4v) is 3.59. The van der Waals surface area contributed by atoms with Crippen molar-refractivity contribution in [2.45, 2.75) is 31.2 Å². The second-order valence-electron chi connectivity index (χ2n) is 6.26. The molecule has 22 heavy (non-hydrogen) atoms. The van der Waals surface area contributed by atoms with Crippen molar-refractivity contribution in [3.63, 3.8) is 0 Å². The van der Waals surface area contributed by atoms with Crippen LogP contribution in [0.3, 0.4) is 0 Å². The summed E-state index contributed by atoms with van der Waals surface area (Å²) in [4.78, 5) is 14.7. The molecule has 0 atom stereocenters. The quantitative estimate of drug-likeness (QED) is 0.896. The number of benzene rings is 2. The second-order valence-corrected chi connectivity index (χ2v) is 6.26. The number of nitrogens with one attached hydrogen (secondary N) is 1. The Morgan fingerprint density at radius 1 is 1.00 bits per heavy atom. The average Bonchev–Trinajstić information content (AvgIpc) is 2.96. The molecular formula is C19H20N2O. The fourth-order valence-electron chi connectivity index (χ4n) is 3.59. The van der Waals surface area contributed by atoms with E-state index in [-0.39, 0.29) is 11.6 Å². The SMILES string of the molecule is O=C(NC1(c2ccccc2)CCC1)N1CCc2ccccc21. The van der Waals surface area contributed by atoms with E-state index in [0.29, 0.717) is 0 Å². The summed E-state index contributed by atoms with van der Waals surface area (Å²) in [6.45, 7) is 0.774. The number of fused-ring (bicyclic) bond motifs is 1. The summed E-state index contributed by atoms with van der Waals surface area (Å²) in [7, 11) is 0. The molecule has 2 aromatic carbocycles. The summed E-state index contributed by atoms with van der Waals surface area (Å²) < 4.78 is 0. The molecule has 1 N–H and O–H groups in total. The van der Waals surface area contributed by atoms with Gasteiger partial charge in [-0.2, -0.15) is 0 Å². The maximum atomic E-state index is 12.8. The molecule has 3 nitrogen and oxygen atoms in total. The first-order chi connectivity index (χ1) is 10.8. The molecule has 2 amide bonds. The molecule has 1 fully saturated rings. The number of hydrogen-bond acceptors (Lipinski definition) is 1. The first-order valence-corrected chi connectivity index (χ1v) is 8.02. The van der Waals surface area contributed by atoms with Crippen LogP contribution >= 0.6 is 0 Å². The van der Waals surface area contributed by atoms with Crippen LogP contribution in [-0.2, 0) is 12.0 Å². The monoisotopic (exact) mass is 292 g/mol. The highest BCUT2D eigenvalue weighted by Crippen LogP contribution is 2.41. The van der Waals surface area contributed by atoms with Gasteiger partial charge in [0.2, 0.25) is 0 Å². The van der Waals surface area contributed by atoms with Crippen LogP contribution < -0.4 is 10.2 Å². The number of carbonyl (C=O) groups excluding carboxylic acids is 1. The van der Waals surface area contributed by atoms with Gasteiger partial charge in [0.25, 0.3) is 0 Å². The van der Waals surface area contributed by atoms with Crippen molar-refractivity contribution in [1.29, 1.82) is 0 Å². The maximum absolute atomic E-state index is 12.8. The van der Waals surface area contributed by atoms with E-state index < -0.39 is 0 Å². The number of amides is 2. The normalized spacial score (nSPS) is 18.5. The van der Waals surface area contributed by atoms with Gasteiger partial charge in [-0.05, 0) is 42.9 Å². The molecule has 2 aromatic rings. The van der Waals surface area contributed by atoms with Crippen LogP contribution in [0.1, 0.15) is 30.4 Å². The number of urea groups is 1. The van der Waals surface area contributed by atoms with Gasteiger partial charge in [0, 0.05) is 12.2 Å². The van der Waals surface area contributed by atoms with Crippen LogP contribution in [0.4, 0.5) is 10.5 Å². The van der Waals surface area contributed by atoms with Crippen molar-refractivity contribution >= 4 is 11.7 Å². The molecule has 1 saturated carbocycles. The molecule has 0 spiro atoms.